The van der Waals surface area contributed by atoms with E-state index in [2.05, 4.69) is 109 Å². The summed E-state index contributed by atoms with van der Waals surface area (Å²) in [5.41, 5.74) is 4.41. The van der Waals surface area contributed by atoms with Crippen molar-refractivity contribution in [2.45, 2.75) is 141 Å². The van der Waals surface area contributed by atoms with Crippen LogP contribution in [0.4, 0.5) is 0 Å². The van der Waals surface area contributed by atoms with Gasteiger partial charge in [-0.05, 0) is 107 Å². The van der Waals surface area contributed by atoms with Crippen molar-refractivity contribution in [3.8, 4) is 17.2 Å². The fraction of sp³-hybridized carbons (Fsp3) is 0.590. The number of nitrogens with one attached hydrogen (secondary N) is 1. The predicted octanol–water partition coefficient (Wildman–Crippen LogP) is 9.85. The molecule has 1 aromatic carbocycles. The normalized spacial score (nSPS) is 19.5. The molecule has 1 unspecified atom stereocenters. The number of nitrogens with zero attached hydrogens (tertiary/aromatic N) is 5. The zero-order valence-corrected chi connectivity index (χ0v) is 36.1. The van der Waals surface area contributed by atoms with E-state index in [0.29, 0.717) is 5.95 Å². The van der Waals surface area contributed by atoms with E-state index >= 15 is 0 Å². The van der Waals surface area contributed by atoms with Crippen molar-refractivity contribution in [1.82, 2.24) is 29.5 Å². The molecule has 0 aliphatic heterocycles. The quantitative estimate of drug-likeness (QED) is 0.119. The van der Waals surface area contributed by atoms with E-state index in [4.69, 9.17) is 23.9 Å². The Balaban J connectivity index is 1.43. The molecule has 0 bridgehead atoms. The number of pyridine rings is 1. The van der Waals surface area contributed by atoms with Crippen molar-refractivity contribution in [2.24, 2.45) is 5.92 Å². The van der Waals surface area contributed by atoms with Gasteiger partial charge in [0.05, 0.1) is 40.9 Å². The smallest absolute Gasteiger partial charge is 0.251 e. The van der Waals surface area contributed by atoms with E-state index in [0.717, 1.165) is 46.4 Å². The van der Waals surface area contributed by atoms with Gasteiger partial charge in [0.1, 0.15) is 4.75 Å². The third kappa shape index (κ3) is 8.85. The second-order valence-corrected chi connectivity index (χ2v) is 29.8. The summed E-state index contributed by atoms with van der Waals surface area (Å²) in [6, 6.07) is 14.1. The molecule has 4 aromatic rings. The van der Waals surface area contributed by atoms with Crippen LogP contribution in [0, 0.1) is 5.92 Å². The molecule has 0 radical (unpaired) electrons. The summed E-state index contributed by atoms with van der Waals surface area (Å²) in [7, 11) is -3.88. The van der Waals surface area contributed by atoms with Gasteiger partial charge in [0.2, 0.25) is 0 Å². The molecule has 3 heterocycles. The van der Waals surface area contributed by atoms with Gasteiger partial charge in [-0.3, -0.25) is 4.98 Å². The lowest BCUT2D eigenvalue weighted by atomic mass is 9.76. The van der Waals surface area contributed by atoms with Crippen LogP contribution in [0.15, 0.2) is 54.9 Å². The van der Waals surface area contributed by atoms with Crippen LogP contribution in [0.5, 0.6) is 0 Å². The number of hydrogen-bond acceptors (Lipinski definition) is 8. The van der Waals surface area contributed by atoms with Crippen molar-refractivity contribution in [3.63, 3.8) is 0 Å². The fourth-order valence-electron chi connectivity index (χ4n) is 5.75. The summed E-state index contributed by atoms with van der Waals surface area (Å²) in [4.78, 5) is 14.7. The fourth-order valence-corrected chi connectivity index (χ4v) is 9.39. The Morgan fingerprint density at radius 3 is 2.18 bits per heavy atom. The molecular weight excluding hydrogens is 689 g/mol. The first-order valence-corrected chi connectivity index (χ1v) is 25.3. The average Bonchev–Trinajstić information content (AvgIpc) is 3.43. The Kier molecular flexibility index (Phi) is 11.2. The van der Waals surface area contributed by atoms with Gasteiger partial charge in [-0.2, -0.15) is 9.78 Å². The average molecular weight is 749 g/mol. The van der Waals surface area contributed by atoms with Crippen LogP contribution < -0.4 is 4.72 Å². The zero-order chi connectivity index (χ0) is 37.7. The summed E-state index contributed by atoms with van der Waals surface area (Å²) in [6.07, 6.45) is 5.51. The van der Waals surface area contributed by atoms with Gasteiger partial charge in [0.25, 0.3) is 5.95 Å². The molecular formula is C39H60N6O3SSi2. The molecule has 3 atom stereocenters. The lowest BCUT2D eigenvalue weighted by Gasteiger charge is -2.46. The predicted molar refractivity (Wildman–Crippen MR) is 215 cm³/mol. The third-order valence-electron chi connectivity index (χ3n) is 11.2. The van der Waals surface area contributed by atoms with Crippen LogP contribution in [-0.2, 0) is 20.2 Å². The molecule has 0 amide bonds. The van der Waals surface area contributed by atoms with Gasteiger partial charge in [0.15, 0.2) is 16.6 Å². The Morgan fingerprint density at radius 1 is 0.882 bits per heavy atom. The molecule has 3 aromatic heterocycles. The Hall–Kier alpha value is -2.46. The van der Waals surface area contributed by atoms with Crippen molar-refractivity contribution in [3.05, 3.63) is 66.2 Å². The minimum absolute atomic E-state index is 0.0934. The van der Waals surface area contributed by atoms with Crippen LogP contribution in [0.1, 0.15) is 106 Å². The van der Waals surface area contributed by atoms with Gasteiger partial charge in [-0.25, -0.2) is 9.97 Å². The Morgan fingerprint density at radius 2 is 1.55 bits per heavy atom. The van der Waals surface area contributed by atoms with E-state index in [9.17, 15) is 4.55 Å². The standard InChI is InChI=1S/C39H60N6O3SSi2/c1-26(47-50(11,12)38(5,6)7)31-20-21-40-36(43-31)45-34-24-27(18-19-28(34)25-41-45)32-16-15-17-33(42-32)35(44-49(46)37(2,3)4)29-22-30(23-29)48-51(13,14)39(8,9)10/h15-21,24-26,29-30,35,44H,22-23H2,1-14H3/t26?,29?,30?,35-,49+/m0/s1. The van der Waals surface area contributed by atoms with Crippen LogP contribution in [-0.4, -0.2) is 56.8 Å². The largest absolute Gasteiger partial charge is 0.598 e. The first-order chi connectivity index (χ1) is 23.5. The van der Waals surface area contributed by atoms with E-state index in [-0.39, 0.29) is 34.2 Å². The lowest BCUT2D eigenvalue weighted by Crippen LogP contribution is -2.51. The maximum absolute atomic E-state index is 13.5. The van der Waals surface area contributed by atoms with E-state index in [1.54, 1.807) is 10.9 Å². The Labute approximate surface area is 311 Å². The molecule has 9 nitrogen and oxygen atoms in total. The highest BCUT2D eigenvalue weighted by Gasteiger charge is 2.46. The molecule has 5 rings (SSSR count). The van der Waals surface area contributed by atoms with Gasteiger partial charge in [0, 0.05) is 34.6 Å². The number of fused-ring (bicyclic) bond motifs is 1. The maximum Gasteiger partial charge on any atom is 0.251 e. The Bertz CT molecular complexity index is 1820. The van der Waals surface area contributed by atoms with Crippen LogP contribution in [0.25, 0.3) is 28.1 Å². The highest BCUT2D eigenvalue weighted by molar-refractivity contribution is 7.90. The minimum Gasteiger partial charge on any atom is -0.598 e. The molecule has 278 valence electrons. The van der Waals surface area contributed by atoms with Crippen LogP contribution in [0.3, 0.4) is 0 Å². The van der Waals surface area contributed by atoms with Crippen LogP contribution >= 0.6 is 0 Å². The van der Waals surface area contributed by atoms with E-state index in [1.165, 1.54) is 0 Å². The van der Waals surface area contributed by atoms with Gasteiger partial charge < -0.3 is 13.4 Å². The zero-order valence-electron chi connectivity index (χ0n) is 33.3. The number of rotatable bonds is 11. The molecule has 0 spiro atoms. The lowest BCUT2D eigenvalue weighted by molar-refractivity contribution is 0.0365. The summed E-state index contributed by atoms with van der Waals surface area (Å²) >= 11 is -1.26. The molecule has 1 aliphatic rings. The van der Waals surface area contributed by atoms with Crippen LogP contribution in [0.2, 0.25) is 36.3 Å². The summed E-state index contributed by atoms with van der Waals surface area (Å²) in [5, 5.41) is 5.92. The molecule has 51 heavy (non-hydrogen) atoms. The first kappa shape index (κ1) is 39.7. The molecule has 1 N–H and O–H groups in total. The second kappa shape index (κ2) is 14.4. The molecule has 1 saturated carbocycles. The number of hydrogen-bond donors (Lipinski definition) is 1. The molecule has 12 heteroatoms. The molecule has 1 aliphatic carbocycles. The van der Waals surface area contributed by atoms with E-state index < -0.39 is 32.7 Å². The van der Waals surface area contributed by atoms with Gasteiger partial charge >= 0.3 is 0 Å². The van der Waals surface area contributed by atoms with Gasteiger partial charge in [-0.15, -0.1) is 4.72 Å². The van der Waals surface area contributed by atoms with E-state index in [1.807, 2.05) is 45.2 Å². The number of aromatic nitrogens is 5. The third-order valence-corrected chi connectivity index (χ3v) is 21.8. The monoisotopic (exact) mass is 748 g/mol. The topological polar surface area (TPSA) is 110 Å². The van der Waals surface area contributed by atoms with Crippen molar-refractivity contribution in [1.29, 1.82) is 0 Å². The van der Waals surface area contributed by atoms with Gasteiger partial charge in [-0.1, -0.05) is 59.7 Å². The SMILES string of the molecule is CC(O[Si](C)(C)C(C)(C)C)c1ccnc(-n2ncc3ccc(-c4cccc([C@@H](N[S@+]([O-])C(C)(C)C)C5CC(O[Si](C)(C)C(C)(C)C)C5)n4)cc32)n1. The first-order valence-electron chi connectivity index (χ1n) is 18.3. The summed E-state index contributed by atoms with van der Waals surface area (Å²) in [6.45, 7) is 30.8. The second-order valence-electron chi connectivity index (χ2n) is 18.3. The highest BCUT2D eigenvalue weighted by Crippen LogP contribution is 2.45. The minimum atomic E-state index is -2.00. The van der Waals surface area contributed by atoms with Crippen molar-refractivity contribution in [2.75, 3.05) is 0 Å². The highest BCUT2D eigenvalue weighted by atomic mass is 32.2. The molecule has 1 fully saturated rings. The maximum atomic E-state index is 13.5. The summed E-state index contributed by atoms with van der Waals surface area (Å²) < 4.78 is 31.7. The molecule has 0 saturated heterocycles. The number of benzene rings is 1. The summed E-state index contributed by atoms with van der Waals surface area (Å²) in [5.74, 6) is 0.769. The van der Waals surface area contributed by atoms with Crippen molar-refractivity contribution < 1.29 is 13.4 Å². The van der Waals surface area contributed by atoms with Crippen molar-refractivity contribution >= 4 is 38.9 Å².